The van der Waals surface area contributed by atoms with Gasteiger partial charge in [-0.1, -0.05) is 12.1 Å². The summed E-state index contributed by atoms with van der Waals surface area (Å²) in [6, 6.07) is 12.1. The second kappa shape index (κ2) is 7.31. The number of aryl methyl sites for hydroxylation is 1. The molecular weight excluding hydrogens is 296 g/mol. The van der Waals surface area contributed by atoms with E-state index in [1.807, 2.05) is 13.0 Å². The summed E-state index contributed by atoms with van der Waals surface area (Å²) in [7, 11) is 2.99. The van der Waals surface area contributed by atoms with Gasteiger partial charge in [0.15, 0.2) is 0 Å². The quantitative estimate of drug-likeness (QED) is 0.851. The molecule has 0 aliphatic heterocycles. The van der Waals surface area contributed by atoms with E-state index >= 15 is 0 Å². The third-order valence-corrected chi connectivity index (χ3v) is 3.14. The molecule has 0 saturated heterocycles. The molecule has 2 aromatic carbocycles. The van der Waals surface area contributed by atoms with Gasteiger partial charge in [0.2, 0.25) is 0 Å². The average Bonchev–Trinajstić information content (AvgIpc) is 2.54. The molecule has 0 aliphatic rings. The maximum atomic E-state index is 12.0. The van der Waals surface area contributed by atoms with Crippen LogP contribution in [0.25, 0.3) is 0 Å². The van der Waals surface area contributed by atoms with Crippen molar-refractivity contribution in [2.75, 3.05) is 24.9 Å². The normalized spacial score (nSPS) is 9.87. The van der Waals surface area contributed by atoms with Crippen LogP contribution in [0.4, 0.5) is 11.4 Å². The summed E-state index contributed by atoms with van der Waals surface area (Å²) in [4.78, 5) is 24.0. The molecule has 0 radical (unpaired) electrons. The summed E-state index contributed by atoms with van der Waals surface area (Å²) in [6.07, 6.45) is 0. The summed E-state index contributed by atoms with van der Waals surface area (Å²) < 4.78 is 10.3. The number of anilines is 2. The van der Waals surface area contributed by atoms with Crippen LogP contribution in [0, 0.1) is 6.92 Å². The van der Waals surface area contributed by atoms with Gasteiger partial charge in [0, 0.05) is 11.8 Å². The lowest BCUT2D eigenvalue weighted by Gasteiger charge is -2.12. The summed E-state index contributed by atoms with van der Waals surface area (Å²) in [5.74, 6) is -0.582. The van der Waals surface area contributed by atoms with Crippen LogP contribution in [-0.4, -0.2) is 26.0 Å². The SMILES string of the molecule is COc1ccc(OC)c(NC(=O)C(=O)Nc2cccc(C)c2)c1. The number of rotatable bonds is 4. The molecule has 2 N–H and O–H groups in total. The van der Waals surface area contributed by atoms with Crippen molar-refractivity contribution < 1.29 is 19.1 Å². The molecule has 0 atom stereocenters. The molecule has 2 rings (SSSR count). The maximum absolute atomic E-state index is 12.0. The molecule has 0 bridgehead atoms. The molecule has 2 aromatic rings. The Balaban J connectivity index is 2.10. The van der Waals surface area contributed by atoms with Crippen LogP contribution < -0.4 is 20.1 Å². The summed E-state index contributed by atoms with van der Waals surface area (Å²) in [6.45, 7) is 1.90. The minimum atomic E-state index is -0.793. The zero-order valence-electron chi connectivity index (χ0n) is 13.2. The third-order valence-electron chi connectivity index (χ3n) is 3.14. The molecule has 6 nitrogen and oxygen atoms in total. The summed E-state index contributed by atoms with van der Waals surface area (Å²) >= 11 is 0. The van der Waals surface area contributed by atoms with E-state index in [1.54, 1.807) is 36.4 Å². The third kappa shape index (κ3) is 4.23. The monoisotopic (exact) mass is 314 g/mol. The number of carbonyl (C=O) groups is 2. The first-order chi connectivity index (χ1) is 11.0. The van der Waals surface area contributed by atoms with E-state index in [1.165, 1.54) is 14.2 Å². The lowest BCUT2D eigenvalue weighted by Crippen LogP contribution is -2.29. The van der Waals surface area contributed by atoms with Crippen LogP contribution in [0.15, 0.2) is 42.5 Å². The minimum Gasteiger partial charge on any atom is -0.497 e. The zero-order chi connectivity index (χ0) is 16.8. The fraction of sp³-hybridized carbons (Fsp3) is 0.176. The molecule has 2 amide bonds. The van der Waals surface area contributed by atoms with Crippen LogP contribution in [0.5, 0.6) is 11.5 Å². The lowest BCUT2D eigenvalue weighted by molar-refractivity contribution is -0.133. The Kier molecular flexibility index (Phi) is 5.19. The number of carbonyl (C=O) groups excluding carboxylic acids is 2. The smallest absolute Gasteiger partial charge is 0.314 e. The van der Waals surface area contributed by atoms with Crippen LogP contribution in [0.2, 0.25) is 0 Å². The zero-order valence-corrected chi connectivity index (χ0v) is 13.2. The molecule has 0 fully saturated rings. The van der Waals surface area contributed by atoms with Crippen molar-refractivity contribution in [1.82, 2.24) is 0 Å². The van der Waals surface area contributed by atoms with Gasteiger partial charge < -0.3 is 20.1 Å². The van der Waals surface area contributed by atoms with Gasteiger partial charge in [-0.05, 0) is 36.8 Å². The molecule has 0 saturated carbocycles. The van der Waals surface area contributed by atoms with E-state index < -0.39 is 11.8 Å². The van der Waals surface area contributed by atoms with Gasteiger partial charge in [-0.15, -0.1) is 0 Å². The standard InChI is InChI=1S/C17H18N2O4/c1-11-5-4-6-12(9-11)18-16(20)17(21)19-14-10-13(22-2)7-8-15(14)23-3/h4-10H,1-3H3,(H,18,20)(H,19,21). The molecular formula is C17H18N2O4. The highest BCUT2D eigenvalue weighted by molar-refractivity contribution is 6.43. The van der Waals surface area contributed by atoms with E-state index in [4.69, 9.17) is 9.47 Å². The van der Waals surface area contributed by atoms with Gasteiger partial charge in [0.05, 0.1) is 19.9 Å². The fourth-order valence-corrected chi connectivity index (χ4v) is 2.00. The summed E-state index contributed by atoms with van der Waals surface area (Å²) in [5.41, 5.74) is 1.90. The van der Waals surface area contributed by atoms with Gasteiger partial charge in [0.1, 0.15) is 11.5 Å². The van der Waals surface area contributed by atoms with E-state index in [0.717, 1.165) is 5.56 Å². The van der Waals surface area contributed by atoms with Crippen molar-refractivity contribution in [2.24, 2.45) is 0 Å². The predicted octanol–water partition coefficient (Wildman–Crippen LogP) is 2.59. The van der Waals surface area contributed by atoms with E-state index in [2.05, 4.69) is 10.6 Å². The van der Waals surface area contributed by atoms with Crippen molar-refractivity contribution in [3.05, 3.63) is 48.0 Å². The van der Waals surface area contributed by atoms with Crippen molar-refractivity contribution in [1.29, 1.82) is 0 Å². The number of hydrogen-bond acceptors (Lipinski definition) is 4. The Labute approximate surface area is 134 Å². The highest BCUT2D eigenvalue weighted by Gasteiger charge is 2.16. The highest BCUT2D eigenvalue weighted by Crippen LogP contribution is 2.28. The molecule has 0 aliphatic carbocycles. The first kappa shape index (κ1) is 16.4. The minimum absolute atomic E-state index is 0.358. The largest absolute Gasteiger partial charge is 0.497 e. The number of benzene rings is 2. The topological polar surface area (TPSA) is 76.7 Å². The van der Waals surface area contributed by atoms with Gasteiger partial charge in [-0.3, -0.25) is 9.59 Å². The lowest BCUT2D eigenvalue weighted by atomic mass is 10.2. The number of methoxy groups -OCH3 is 2. The number of amides is 2. The maximum Gasteiger partial charge on any atom is 0.314 e. The van der Waals surface area contributed by atoms with Crippen LogP contribution in [0.3, 0.4) is 0 Å². The Hall–Kier alpha value is -3.02. The van der Waals surface area contributed by atoms with Crippen molar-refractivity contribution in [2.45, 2.75) is 6.92 Å². The molecule has 6 heteroatoms. The van der Waals surface area contributed by atoms with Gasteiger partial charge in [0.25, 0.3) is 0 Å². The second-order valence-corrected chi connectivity index (χ2v) is 4.84. The predicted molar refractivity (Wildman–Crippen MR) is 88.0 cm³/mol. The van der Waals surface area contributed by atoms with Crippen LogP contribution >= 0.6 is 0 Å². The van der Waals surface area contributed by atoms with Crippen molar-refractivity contribution in [3.8, 4) is 11.5 Å². The number of hydrogen-bond donors (Lipinski definition) is 2. The van der Waals surface area contributed by atoms with Gasteiger partial charge in [-0.25, -0.2) is 0 Å². The van der Waals surface area contributed by atoms with Crippen LogP contribution in [-0.2, 0) is 9.59 Å². The molecule has 0 unspecified atom stereocenters. The molecule has 120 valence electrons. The Bertz CT molecular complexity index is 728. The van der Waals surface area contributed by atoms with Crippen molar-refractivity contribution in [3.63, 3.8) is 0 Å². The van der Waals surface area contributed by atoms with E-state index in [-0.39, 0.29) is 0 Å². The van der Waals surface area contributed by atoms with Gasteiger partial charge >= 0.3 is 11.8 Å². The first-order valence-corrected chi connectivity index (χ1v) is 6.94. The molecule has 0 heterocycles. The van der Waals surface area contributed by atoms with E-state index in [0.29, 0.717) is 22.9 Å². The first-order valence-electron chi connectivity index (χ1n) is 6.94. The van der Waals surface area contributed by atoms with E-state index in [9.17, 15) is 9.59 Å². The Morgan fingerprint density at radius 1 is 0.913 bits per heavy atom. The Morgan fingerprint density at radius 2 is 1.65 bits per heavy atom. The fourth-order valence-electron chi connectivity index (χ4n) is 2.00. The van der Waals surface area contributed by atoms with Crippen molar-refractivity contribution >= 4 is 23.2 Å². The van der Waals surface area contributed by atoms with Crippen LogP contribution in [0.1, 0.15) is 5.56 Å². The molecule has 0 aromatic heterocycles. The molecule has 23 heavy (non-hydrogen) atoms. The average molecular weight is 314 g/mol. The van der Waals surface area contributed by atoms with Gasteiger partial charge in [-0.2, -0.15) is 0 Å². The second-order valence-electron chi connectivity index (χ2n) is 4.84. The highest BCUT2D eigenvalue weighted by atomic mass is 16.5. The summed E-state index contributed by atoms with van der Waals surface area (Å²) in [5, 5.41) is 5.06. The number of ether oxygens (including phenoxy) is 2. The molecule has 0 spiro atoms. The Morgan fingerprint density at radius 3 is 2.30 bits per heavy atom. The number of nitrogens with one attached hydrogen (secondary N) is 2.